The standard InChI is InChI=1S/C19H22ClN5O2S.ClH/c1-25-19(22-23-24-25)28-10-9-21-12-15-5-8-17(18(11-15)26-2)27-13-14-3-6-16(20)7-4-14;/h3-8,11,21H,9-10,12-13H2,1-2H3;1H/p-1. The Labute approximate surface area is 185 Å². The molecule has 0 radical (unpaired) electrons. The van der Waals surface area contributed by atoms with Gasteiger partial charge in [-0.2, -0.15) is 0 Å². The number of aryl methyl sites for hydroxylation is 1. The van der Waals surface area contributed by atoms with E-state index in [2.05, 4.69) is 20.8 Å². The molecule has 1 N–H and O–H groups in total. The third kappa shape index (κ3) is 7.08. The van der Waals surface area contributed by atoms with Crippen LogP contribution in [0.3, 0.4) is 0 Å². The number of ether oxygens (including phenoxy) is 2. The normalized spacial score (nSPS) is 10.4. The highest BCUT2D eigenvalue weighted by Crippen LogP contribution is 2.29. The van der Waals surface area contributed by atoms with Crippen LogP contribution in [0.15, 0.2) is 47.6 Å². The van der Waals surface area contributed by atoms with Gasteiger partial charge in [-0.25, -0.2) is 4.68 Å². The molecule has 10 heteroatoms. The summed E-state index contributed by atoms with van der Waals surface area (Å²) in [7, 11) is 3.48. The van der Waals surface area contributed by atoms with Crippen LogP contribution in [0.1, 0.15) is 11.1 Å². The van der Waals surface area contributed by atoms with E-state index in [1.165, 1.54) is 0 Å². The molecular formula is C19H22Cl2N5O2S-. The Kier molecular flexibility index (Phi) is 9.53. The maximum Gasteiger partial charge on any atom is 0.209 e. The molecule has 0 aliphatic carbocycles. The first kappa shape index (κ1) is 23.3. The third-order valence-electron chi connectivity index (χ3n) is 3.96. The van der Waals surface area contributed by atoms with Crippen LogP contribution in [0.4, 0.5) is 0 Å². The largest absolute Gasteiger partial charge is 1.00 e. The van der Waals surface area contributed by atoms with Gasteiger partial charge in [0.1, 0.15) is 6.61 Å². The van der Waals surface area contributed by atoms with Crippen LogP contribution >= 0.6 is 23.4 Å². The number of hydrogen-bond donors (Lipinski definition) is 1. The molecule has 2 aromatic carbocycles. The average molecular weight is 455 g/mol. The Hall–Kier alpha value is -2.00. The second-order valence-corrected chi connectivity index (χ2v) is 7.51. The maximum atomic E-state index is 5.91. The zero-order valence-electron chi connectivity index (χ0n) is 16.1. The van der Waals surface area contributed by atoms with Crippen LogP contribution in [0.2, 0.25) is 5.02 Å². The lowest BCUT2D eigenvalue weighted by molar-refractivity contribution is -0.00000639. The van der Waals surface area contributed by atoms with Crippen molar-refractivity contribution in [1.29, 1.82) is 0 Å². The Morgan fingerprint density at radius 3 is 2.55 bits per heavy atom. The molecule has 0 saturated carbocycles. The summed E-state index contributed by atoms with van der Waals surface area (Å²) < 4.78 is 13.0. The molecule has 0 saturated heterocycles. The summed E-state index contributed by atoms with van der Waals surface area (Å²) in [6, 6.07) is 13.6. The van der Waals surface area contributed by atoms with E-state index in [-0.39, 0.29) is 12.4 Å². The summed E-state index contributed by atoms with van der Waals surface area (Å²) in [4.78, 5) is 0. The van der Waals surface area contributed by atoms with Crippen molar-refractivity contribution in [2.75, 3.05) is 19.4 Å². The number of nitrogens with zero attached hydrogens (tertiary/aromatic N) is 4. The lowest BCUT2D eigenvalue weighted by Gasteiger charge is -2.13. The molecule has 29 heavy (non-hydrogen) atoms. The second-order valence-electron chi connectivity index (χ2n) is 6.01. The molecule has 3 aromatic rings. The number of methoxy groups -OCH3 is 1. The smallest absolute Gasteiger partial charge is 0.209 e. The van der Waals surface area contributed by atoms with Crippen LogP contribution in [0.25, 0.3) is 0 Å². The number of halogens is 2. The van der Waals surface area contributed by atoms with Crippen LogP contribution in [-0.4, -0.2) is 39.6 Å². The predicted octanol–water partition coefficient (Wildman–Crippen LogP) is 0.337. The van der Waals surface area contributed by atoms with E-state index in [0.717, 1.165) is 35.1 Å². The molecule has 0 aliphatic heterocycles. The Bertz CT molecular complexity index is 893. The molecule has 0 fully saturated rings. The van der Waals surface area contributed by atoms with Crippen molar-refractivity contribution >= 4 is 23.4 Å². The van der Waals surface area contributed by atoms with E-state index >= 15 is 0 Å². The second kappa shape index (κ2) is 11.9. The summed E-state index contributed by atoms with van der Waals surface area (Å²) in [5.41, 5.74) is 2.17. The van der Waals surface area contributed by atoms with Crippen molar-refractivity contribution in [3.63, 3.8) is 0 Å². The number of thioether (sulfide) groups is 1. The van der Waals surface area contributed by atoms with Crippen molar-refractivity contribution in [2.45, 2.75) is 18.3 Å². The predicted molar refractivity (Wildman–Crippen MR) is 110 cm³/mol. The fourth-order valence-electron chi connectivity index (χ4n) is 2.47. The maximum absolute atomic E-state index is 5.91. The SMILES string of the molecule is COc1cc(CNCCSc2nnnn2C)ccc1OCc1ccc(Cl)cc1.[Cl-]. The molecule has 7 nitrogen and oxygen atoms in total. The molecule has 0 aliphatic rings. The van der Waals surface area contributed by atoms with Crippen molar-refractivity contribution in [1.82, 2.24) is 25.5 Å². The Morgan fingerprint density at radius 1 is 1.10 bits per heavy atom. The summed E-state index contributed by atoms with van der Waals surface area (Å²) in [5.74, 6) is 2.31. The molecule has 0 bridgehead atoms. The fraction of sp³-hybridized carbons (Fsp3) is 0.316. The Balaban J connectivity index is 0.00000300. The number of aromatic nitrogens is 4. The molecule has 0 unspecified atom stereocenters. The number of nitrogens with one attached hydrogen (secondary N) is 1. The van der Waals surface area contributed by atoms with Crippen molar-refractivity contribution in [3.05, 3.63) is 58.6 Å². The Morgan fingerprint density at radius 2 is 1.86 bits per heavy atom. The molecule has 0 spiro atoms. The molecule has 0 amide bonds. The number of rotatable bonds is 10. The average Bonchev–Trinajstić information content (AvgIpc) is 3.12. The number of hydrogen-bond acceptors (Lipinski definition) is 7. The van der Waals surface area contributed by atoms with E-state index in [0.29, 0.717) is 23.1 Å². The van der Waals surface area contributed by atoms with Crippen LogP contribution < -0.4 is 27.2 Å². The quantitative estimate of drug-likeness (QED) is 0.349. The van der Waals surface area contributed by atoms with Gasteiger partial charge in [0.2, 0.25) is 5.16 Å². The van der Waals surface area contributed by atoms with Crippen molar-refractivity contribution < 1.29 is 21.9 Å². The minimum atomic E-state index is 0. The molecule has 0 atom stereocenters. The third-order valence-corrected chi connectivity index (χ3v) is 5.22. The first-order valence-electron chi connectivity index (χ1n) is 8.75. The van der Waals surface area contributed by atoms with E-state index < -0.39 is 0 Å². The highest BCUT2D eigenvalue weighted by atomic mass is 35.5. The first-order valence-corrected chi connectivity index (χ1v) is 10.1. The highest BCUT2D eigenvalue weighted by molar-refractivity contribution is 7.99. The topological polar surface area (TPSA) is 74.1 Å². The fourth-order valence-corrected chi connectivity index (χ4v) is 3.35. The van der Waals surface area contributed by atoms with Crippen LogP contribution in [-0.2, 0) is 20.2 Å². The van der Waals surface area contributed by atoms with E-state index in [9.17, 15) is 0 Å². The van der Waals surface area contributed by atoms with E-state index in [1.54, 1.807) is 23.6 Å². The summed E-state index contributed by atoms with van der Waals surface area (Å²) >= 11 is 7.53. The molecule has 1 heterocycles. The van der Waals surface area contributed by atoms with E-state index in [1.807, 2.05) is 49.5 Å². The van der Waals surface area contributed by atoms with Gasteiger partial charge in [0, 0.05) is 30.9 Å². The van der Waals surface area contributed by atoms with Crippen LogP contribution in [0, 0.1) is 0 Å². The number of tetrazole rings is 1. The van der Waals surface area contributed by atoms with Crippen LogP contribution in [0.5, 0.6) is 11.5 Å². The minimum absolute atomic E-state index is 0. The van der Waals surface area contributed by atoms with E-state index in [4.69, 9.17) is 21.1 Å². The highest BCUT2D eigenvalue weighted by Gasteiger charge is 2.07. The molecule has 156 valence electrons. The number of benzene rings is 2. The van der Waals surface area contributed by atoms with Gasteiger partial charge in [-0.1, -0.05) is 41.6 Å². The molecular weight excluding hydrogens is 433 g/mol. The van der Waals surface area contributed by atoms with Gasteiger partial charge in [0.15, 0.2) is 11.5 Å². The molecule has 3 rings (SSSR count). The van der Waals surface area contributed by atoms with Gasteiger partial charge in [-0.3, -0.25) is 0 Å². The first-order chi connectivity index (χ1) is 13.7. The van der Waals surface area contributed by atoms with Crippen molar-refractivity contribution in [2.24, 2.45) is 7.05 Å². The van der Waals surface area contributed by atoms with Gasteiger partial charge < -0.3 is 27.2 Å². The summed E-state index contributed by atoms with van der Waals surface area (Å²) in [6.45, 7) is 2.04. The zero-order chi connectivity index (χ0) is 19.8. The summed E-state index contributed by atoms with van der Waals surface area (Å²) in [5, 5.41) is 16.3. The van der Waals surface area contributed by atoms with Gasteiger partial charge in [0.05, 0.1) is 7.11 Å². The van der Waals surface area contributed by atoms with Gasteiger partial charge in [-0.05, 0) is 45.8 Å². The lowest BCUT2D eigenvalue weighted by Crippen LogP contribution is -3.00. The monoisotopic (exact) mass is 454 g/mol. The van der Waals surface area contributed by atoms with Gasteiger partial charge in [0.25, 0.3) is 0 Å². The zero-order valence-corrected chi connectivity index (χ0v) is 18.5. The summed E-state index contributed by atoms with van der Waals surface area (Å²) in [6.07, 6.45) is 0. The van der Waals surface area contributed by atoms with Gasteiger partial charge in [-0.15, -0.1) is 5.10 Å². The lowest BCUT2D eigenvalue weighted by atomic mass is 10.2. The van der Waals surface area contributed by atoms with Crippen molar-refractivity contribution in [3.8, 4) is 11.5 Å². The molecule has 1 aromatic heterocycles. The minimum Gasteiger partial charge on any atom is -1.00 e. The van der Waals surface area contributed by atoms with Gasteiger partial charge >= 0.3 is 0 Å².